The van der Waals surface area contributed by atoms with Crippen LogP contribution in [0, 0.1) is 0 Å². The molecule has 0 aliphatic heterocycles. The highest BCUT2D eigenvalue weighted by atomic mass is 16.3. The summed E-state index contributed by atoms with van der Waals surface area (Å²) < 4.78 is 0. The van der Waals surface area contributed by atoms with Crippen molar-refractivity contribution in [2.45, 2.75) is 116 Å². The van der Waals surface area contributed by atoms with Crippen LogP contribution in [0.25, 0.3) is 0 Å². The minimum atomic E-state index is -0.788. The van der Waals surface area contributed by atoms with Crippen molar-refractivity contribution in [3.8, 4) is 0 Å². The molecule has 0 bridgehead atoms. The van der Waals surface area contributed by atoms with Gasteiger partial charge in [0.05, 0.1) is 5.60 Å². The molecule has 1 amide bonds. The summed E-state index contributed by atoms with van der Waals surface area (Å²) >= 11 is 0. The number of allylic oxidation sites excluding steroid dienone is 11. The first-order valence-corrected chi connectivity index (χ1v) is 14.1. The standard InChI is InChI=1S/C32H53NO2/c1-4-7-10-12-13-14-15-16-17-18-19-20-21-22-23-24-27-31(34)33-30-32(35,28-25-9-6-3)29-26-11-8-5-2/h12-19,22-24,27,35H,4-11,20-21,25-26,28-30H2,1-3H3,(H,33,34). The van der Waals surface area contributed by atoms with Gasteiger partial charge in [-0.05, 0) is 32.1 Å². The zero-order valence-corrected chi connectivity index (χ0v) is 22.9. The molecule has 1 unspecified atom stereocenters. The highest BCUT2D eigenvalue weighted by Gasteiger charge is 2.26. The van der Waals surface area contributed by atoms with E-state index in [0.717, 1.165) is 64.2 Å². The van der Waals surface area contributed by atoms with Crippen LogP contribution in [0.5, 0.6) is 0 Å². The molecular formula is C32H53NO2. The first-order chi connectivity index (χ1) is 17.1. The lowest BCUT2D eigenvalue weighted by Crippen LogP contribution is -2.42. The number of carbonyl (C=O) groups excluding carboxylic acids is 1. The van der Waals surface area contributed by atoms with Crippen molar-refractivity contribution in [2.24, 2.45) is 0 Å². The minimum Gasteiger partial charge on any atom is -0.388 e. The minimum absolute atomic E-state index is 0.143. The number of hydrogen-bond acceptors (Lipinski definition) is 2. The van der Waals surface area contributed by atoms with Crippen molar-refractivity contribution in [3.05, 3.63) is 72.9 Å². The van der Waals surface area contributed by atoms with E-state index >= 15 is 0 Å². The second-order valence-corrected chi connectivity index (χ2v) is 9.34. The van der Waals surface area contributed by atoms with E-state index in [1.54, 1.807) is 12.2 Å². The second-order valence-electron chi connectivity index (χ2n) is 9.34. The van der Waals surface area contributed by atoms with Crippen LogP contribution < -0.4 is 5.32 Å². The van der Waals surface area contributed by atoms with Gasteiger partial charge in [0, 0.05) is 12.6 Å². The summed E-state index contributed by atoms with van der Waals surface area (Å²) in [7, 11) is 0. The van der Waals surface area contributed by atoms with Crippen molar-refractivity contribution in [2.75, 3.05) is 6.54 Å². The Hall–Kier alpha value is -2.13. The average molecular weight is 484 g/mol. The monoisotopic (exact) mass is 483 g/mol. The summed E-state index contributed by atoms with van der Waals surface area (Å²) in [5.41, 5.74) is -0.788. The lowest BCUT2D eigenvalue weighted by atomic mass is 9.90. The van der Waals surface area contributed by atoms with Gasteiger partial charge in [-0.2, -0.15) is 0 Å². The molecule has 198 valence electrons. The van der Waals surface area contributed by atoms with E-state index < -0.39 is 5.60 Å². The molecule has 0 aromatic heterocycles. The predicted molar refractivity (Wildman–Crippen MR) is 154 cm³/mol. The van der Waals surface area contributed by atoms with E-state index in [-0.39, 0.29) is 5.91 Å². The van der Waals surface area contributed by atoms with Gasteiger partial charge in [-0.1, -0.05) is 145 Å². The molecule has 0 radical (unpaired) electrons. The second kappa shape index (κ2) is 25.0. The number of hydrogen-bond donors (Lipinski definition) is 2. The van der Waals surface area contributed by atoms with E-state index in [0.29, 0.717) is 6.54 Å². The van der Waals surface area contributed by atoms with E-state index in [1.807, 2.05) is 24.3 Å². The summed E-state index contributed by atoms with van der Waals surface area (Å²) in [5, 5.41) is 13.9. The molecule has 0 aromatic carbocycles. The predicted octanol–water partition coefficient (Wildman–Crippen LogP) is 8.69. The molecule has 0 fully saturated rings. The summed E-state index contributed by atoms with van der Waals surface area (Å²) in [5.74, 6) is -0.143. The van der Waals surface area contributed by atoms with Gasteiger partial charge in [-0.3, -0.25) is 4.79 Å². The Bertz CT molecular complexity index is 669. The number of nitrogens with one attached hydrogen (secondary N) is 1. The number of rotatable bonds is 22. The number of aliphatic hydroxyl groups is 1. The Balaban J connectivity index is 4.17. The van der Waals surface area contributed by atoms with Gasteiger partial charge in [0.1, 0.15) is 0 Å². The van der Waals surface area contributed by atoms with Crippen LogP contribution in [-0.4, -0.2) is 23.2 Å². The Morgan fingerprint density at radius 3 is 1.71 bits per heavy atom. The third kappa shape index (κ3) is 23.4. The Labute approximate surface area is 216 Å². The first-order valence-electron chi connectivity index (χ1n) is 14.1. The van der Waals surface area contributed by atoms with Gasteiger partial charge in [0.15, 0.2) is 0 Å². The molecule has 2 N–H and O–H groups in total. The zero-order valence-electron chi connectivity index (χ0n) is 22.9. The zero-order chi connectivity index (χ0) is 25.9. The van der Waals surface area contributed by atoms with E-state index in [1.165, 1.54) is 25.7 Å². The van der Waals surface area contributed by atoms with E-state index in [4.69, 9.17) is 0 Å². The SMILES string of the molecule is CCCCC=CC=CC=CC=CCCC=CC=CC(=O)NCC(O)(CCCCC)CCCCCC. The Morgan fingerprint density at radius 2 is 1.11 bits per heavy atom. The molecule has 0 heterocycles. The molecule has 0 aromatic rings. The normalized spacial score (nSPS) is 14.5. The molecule has 3 heteroatoms. The van der Waals surface area contributed by atoms with Gasteiger partial charge in [0.25, 0.3) is 0 Å². The highest BCUT2D eigenvalue weighted by molar-refractivity contribution is 5.87. The number of unbranched alkanes of at least 4 members (excludes halogenated alkanes) is 8. The lowest BCUT2D eigenvalue weighted by Gasteiger charge is -2.28. The molecule has 35 heavy (non-hydrogen) atoms. The van der Waals surface area contributed by atoms with Crippen LogP contribution >= 0.6 is 0 Å². The van der Waals surface area contributed by atoms with Crippen molar-refractivity contribution >= 4 is 5.91 Å². The van der Waals surface area contributed by atoms with Crippen LogP contribution in [0.1, 0.15) is 111 Å². The van der Waals surface area contributed by atoms with Crippen molar-refractivity contribution in [1.82, 2.24) is 5.32 Å². The van der Waals surface area contributed by atoms with Gasteiger partial charge in [-0.15, -0.1) is 0 Å². The average Bonchev–Trinajstić information content (AvgIpc) is 2.85. The van der Waals surface area contributed by atoms with Gasteiger partial charge >= 0.3 is 0 Å². The lowest BCUT2D eigenvalue weighted by molar-refractivity contribution is -0.118. The van der Waals surface area contributed by atoms with Crippen LogP contribution in [0.3, 0.4) is 0 Å². The van der Waals surface area contributed by atoms with Gasteiger partial charge in [-0.25, -0.2) is 0 Å². The molecular weight excluding hydrogens is 430 g/mol. The molecule has 0 aliphatic carbocycles. The summed E-state index contributed by atoms with van der Waals surface area (Å²) in [6.45, 7) is 6.90. The maximum absolute atomic E-state index is 12.2. The third-order valence-electron chi connectivity index (χ3n) is 5.88. The van der Waals surface area contributed by atoms with E-state index in [2.05, 4.69) is 62.5 Å². The smallest absolute Gasteiger partial charge is 0.244 e. The molecule has 0 spiro atoms. The number of amides is 1. The summed E-state index contributed by atoms with van der Waals surface area (Å²) in [6, 6.07) is 0. The molecule has 0 rings (SSSR count). The first kappa shape index (κ1) is 32.9. The highest BCUT2D eigenvalue weighted by Crippen LogP contribution is 2.22. The molecule has 0 aliphatic rings. The van der Waals surface area contributed by atoms with Crippen LogP contribution in [0.15, 0.2) is 72.9 Å². The van der Waals surface area contributed by atoms with Gasteiger partial charge < -0.3 is 10.4 Å². The summed E-state index contributed by atoms with van der Waals surface area (Å²) in [6.07, 6.45) is 38.8. The quantitative estimate of drug-likeness (QED) is 0.0919. The third-order valence-corrected chi connectivity index (χ3v) is 5.88. The van der Waals surface area contributed by atoms with Crippen LogP contribution in [-0.2, 0) is 4.79 Å². The topological polar surface area (TPSA) is 49.3 Å². The Morgan fingerprint density at radius 1 is 0.629 bits per heavy atom. The van der Waals surface area contributed by atoms with Gasteiger partial charge in [0.2, 0.25) is 5.91 Å². The maximum Gasteiger partial charge on any atom is 0.244 e. The van der Waals surface area contributed by atoms with Crippen molar-refractivity contribution in [1.29, 1.82) is 0 Å². The van der Waals surface area contributed by atoms with E-state index in [9.17, 15) is 9.90 Å². The fourth-order valence-corrected chi connectivity index (χ4v) is 3.64. The fourth-order valence-electron chi connectivity index (χ4n) is 3.64. The maximum atomic E-state index is 12.2. The molecule has 3 nitrogen and oxygen atoms in total. The van der Waals surface area contributed by atoms with Crippen molar-refractivity contribution in [3.63, 3.8) is 0 Å². The van der Waals surface area contributed by atoms with Crippen LogP contribution in [0.4, 0.5) is 0 Å². The number of carbonyl (C=O) groups is 1. The van der Waals surface area contributed by atoms with Crippen molar-refractivity contribution < 1.29 is 9.90 Å². The summed E-state index contributed by atoms with van der Waals surface area (Å²) in [4.78, 5) is 12.2. The molecule has 0 saturated carbocycles. The Kier molecular flexibility index (Phi) is 23.5. The molecule has 0 saturated heterocycles. The largest absolute Gasteiger partial charge is 0.388 e. The molecule has 1 atom stereocenters. The van der Waals surface area contributed by atoms with Crippen LogP contribution in [0.2, 0.25) is 0 Å². The fraction of sp³-hybridized carbons (Fsp3) is 0.594.